The first-order valence-electron chi connectivity index (χ1n) is 6.40. The molecule has 0 N–H and O–H groups in total. The molecule has 1 aromatic carbocycles. The summed E-state index contributed by atoms with van der Waals surface area (Å²) in [6, 6.07) is 11.7. The van der Waals surface area contributed by atoms with Crippen LogP contribution in [0.3, 0.4) is 0 Å². The second-order valence-corrected chi connectivity index (χ2v) is 5.77. The zero-order valence-corrected chi connectivity index (χ0v) is 12.0. The summed E-state index contributed by atoms with van der Waals surface area (Å²) in [4.78, 5) is 17.4. The van der Waals surface area contributed by atoms with Crippen molar-refractivity contribution in [3.63, 3.8) is 0 Å². The van der Waals surface area contributed by atoms with Gasteiger partial charge in [-0.3, -0.25) is 9.78 Å². The highest BCUT2D eigenvalue weighted by molar-refractivity contribution is 8.00. The number of ketones is 1. The van der Waals surface area contributed by atoms with E-state index < -0.39 is 0 Å². The van der Waals surface area contributed by atoms with Gasteiger partial charge >= 0.3 is 0 Å². The third-order valence-corrected chi connectivity index (χ3v) is 4.09. The molecule has 1 heterocycles. The molecule has 2 rings (SSSR count). The van der Waals surface area contributed by atoms with Gasteiger partial charge in [0.1, 0.15) is 0 Å². The van der Waals surface area contributed by atoms with E-state index in [4.69, 9.17) is 0 Å². The third kappa shape index (κ3) is 3.67. The molecule has 0 aliphatic rings. The van der Waals surface area contributed by atoms with Crippen LogP contribution in [0.5, 0.6) is 0 Å². The Morgan fingerprint density at radius 2 is 1.79 bits per heavy atom. The first-order chi connectivity index (χ1) is 9.20. The topological polar surface area (TPSA) is 30.0 Å². The number of carbonyl (C=O) groups is 1. The van der Waals surface area contributed by atoms with E-state index in [1.54, 1.807) is 24.2 Å². The SMILES string of the molecule is CCc1ccc(C(=O)C(C)Sc2ccncc2)cc1. The van der Waals surface area contributed by atoms with Crippen LogP contribution in [0.2, 0.25) is 0 Å². The molecular weight excluding hydrogens is 254 g/mol. The van der Waals surface area contributed by atoms with Gasteiger partial charge in [0.25, 0.3) is 0 Å². The standard InChI is InChI=1S/C16H17NOS/c1-3-13-4-6-14(7-5-13)16(18)12(2)19-15-8-10-17-11-9-15/h4-12H,3H2,1-2H3. The molecule has 0 radical (unpaired) electrons. The second-order valence-electron chi connectivity index (χ2n) is 4.36. The Morgan fingerprint density at radius 1 is 1.16 bits per heavy atom. The second kappa shape index (κ2) is 6.53. The smallest absolute Gasteiger partial charge is 0.175 e. The molecule has 0 saturated carbocycles. The van der Waals surface area contributed by atoms with Gasteiger partial charge in [-0.15, -0.1) is 11.8 Å². The van der Waals surface area contributed by atoms with E-state index >= 15 is 0 Å². The van der Waals surface area contributed by atoms with Gasteiger partial charge in [0.2, 0.25) is 0 Å². The van der Waals surface area contributed by atoms with E-state index in [0.717, 1.165) is 16.9 Å². The lowest BCUT2D eigenvalue weighted by Gasteiger charge is -2.10. The fraction of sp³-hybridized carbons (Fsp3) is 0.250. The summed E-state index contributed by atoms with van der Waals surface area (Å²) in [7, 11) is 0. The van der Waals surface area contributed by atoms with Crippen molar-refractivity contribution in [1.29, 1.82) is 0 Å². The Balaban J connectivity index is 2.06. The van der Waals surface area contributed by atoms with Gasteiger partial charge in [-0.1, -0.05) is 31.2 Å². The number of carbonyl (C=O) groups excluding carboxylic acids is 1. The number of benzene rings is 1. The van der Waals surface area contributed by atoms with Crippen molar-refractivity contribution in [2.75, 3.05) is 0 Å². The molecule has 0 aliphatic heterocycles. The van der Waals surface area contributed by atoms with Gasteiger partial charge in [0.15, 0.2) is 5.78 Å². The van der Waals surface area contributed by atoms with Gasteiger partial charge < -0.3 is 0 Å². The van der Waals surface area contributed by atoms with Gasteiger partial charge in [-0.25, -0.2) is 0 Å². The van der Waals surface area contributed by atoms with Crippen molar-refractivity contribution >= 4 is 17.5 Å². The first kappa shape index (κ1) is 13.8. The summed E-state index contributed by atoms with van der Waals surface area (Å²) in [5, 5.41) is -0.0881. The molecule has 0 bridgehead atoms. The molecule has 0 amide bonds. The van der Waals surface area contributed by atoms with E-state index in [-0.39, 0.29) is 11.0 Å². The highest BCUT2D eigenvalue weighted by atomic mass is 32.2. The number of Topliss-reactive ketones (excluding diaryl/α,β-unsaturated/α-hetero) is 1. The number of pyridine rings is 1. The maximum absolute atomic E-state index is 12.3. The van der Waals surface area contributed by atoms with Crippen LogP contribution in [0.25, 0.3) is 0 Å². The van der Waals surface area contributed by atoms with Crippen LogP contribution in [0.15, 0.2) is 53.7 Å². The lowest BCUT2D eigenvalue weighted by atomic mass is 10.1. The van der Waals surface area contributed by atoms with E-state index in [0.29, 0.717) is 0 Å². The average molecular weight is 271 g/mol. The Kier molecular flexibility index (Phi) is 4.74. The third-order valence-electron chi connectivity index (χ3n) is 2.98. The van der Waals surface area contributed by atoms with Crippen molar-refractivity contribution < 1.29 is 4.79 Å². The predicted molar refractivity (Wildman–Crippen MR) is 79.7 cm³/mol. The van der Waals surface area contributed by atoms with E-state index in [2.05, 4.69) is 11.9 Å². The highest BCUT2D eigenvalue weighted by Gasteiger charge is 2.16. The first-order valence-corrected chi connectivity index (χ1v) is 7.28. The lowest BCUT2D eigenvalue weighted by molar-refractivity contribution is 0.0994. The number of aromatic nitrogens is 1. The van der Waals surface area contributed by atoms with Crippen LogP contribution in [0.4, 0.5) is 0 Å². The predicted octanol–water partition coefficient (Wildman–Crippen LogP) is 4.01. The monoisotopic (exact) mass is 271 g/mol. The summed E-state index contributed by atoms with van der Waals surface area (Å²) in [6.45, 7) is 4.06. The van der Waals surface area contributed by atoms with Gasteiger partial charge in [0.05, 0.1) is 5.25 Å². The molecule has 0 aliphatic carbocycles. The normalized spacial score (nSPS) is 12.1. The number of thioether (sulfide) groups is 1. The van der Waals surface area contributed by atoms with Crippen LogP contribution in [-0.2, 0) is 6.42 Å². The molecule has 3 heteroatoms. The quantitative estimate of drug-likeness (QED) is 0.608. The molecular formula is C16H17NOS. The van der Waals surface area contributed by atoms with Crippen LogP contribution in [0, 0.1) is 0 Å². The summed E-state index contributed by atoms with van der Waals surface area (Å²) in [6.07, 6.45) is 4.49. The minimum atomic E-state index is -0.0881. The zero-order chi connectivity index (χ0) is 13.7. The van der Waals surface area contributed by atoms with Crippen molar-refractivity contribution in [2.45, 2.75) is 30.4 Å². The van der Waals surface area contributed by atoms with Crippen molar-refractivity contribution in [2.24, 2.45) is 0 Å². The number of hydrogen-bond donors (Lipinski definition) is 0. The fourth-order valence-electron chi connectivity index (χ4n) is 1.81. The minimum absolute atomic E-state index is 0.0881. The Bertz CT molecular complexity index is 536. The zero-order valence-electron chi connectivity index (χ0n) is 11.2. The molecule has 1 aromatic heterocycles. The molecule has 1 unspecified atom stereocenters. The Hall–Kier alpha value is -1.61. The number of nitrogens with zero attached hydrogens (tertiary/aromatic N) is 1. The van der Waals surface area contributed by atoms with Crippen molar-refractivity contribution in [1.82, 2.24) is 4.98 Å². The van der Waals surface area contributed by atoms with Crippen LogP contribution in [0.1, 0.15) is 29.8 Å². The van der Waals surface area contributed by atoms with E-state index in [9.17, 15) is 4.79 Å². The molecule has 2 aromatic rings. The largest absolute Gasteiger partial charge is 0.293 e. The van der Waals surface area contributed by atoms with Gasteiger partial charge in [-0.2, -0.15) is 0 Å². The maximum Gasteiger partial charge on any atom is 0.175 e. The Labute approximate surface area is 118 Å². The molecule has 0 fully saturated rings. The fourth-order valence-corrected chi connectivity index (χ4v) is 2.74. The van der Waals surface area contributed by atoms with E-state index in [1.165, 1.54) is 5.56 Å². The summed E-state index contributed by atoms with van der Waals surface area (Å²) in [5.41, 5.74) is 2.04. The van der Waals surface area contributed by atoms with Crippen molar-refractivity contribution in [3.8, 4) is 0 Å². The molecule has 1 atom stereocenters. The number of hydrogen-bond acceptors (Lipinski definition) is 3. The summed E-state index contributed by atoms with van der Waals surface area (Å²) >= 11 is 1.57. The molecule has 2 nitrogen and oxygen atoms in total. The van der Waals surface area contributed by atoms with E-state index in [1.807, 2.05) is 43.3 Å². The van der Waals surface area contributed by atoms with Gasteiger partial charge in [-0.05, 0) is 31.0 Å². The molecule has 19 heavy (non-hydrogen) atoms. The number of aryl methyl sites for hydroxylation is 1. The maximum atomic E-state index is 12.3. The van der Waals surface area contributed by atoms with Crippen LogP contribution in [-0.4, -0.2) is 16.0 Å². The van der Waals surface area contributed by atoms with Crippen LogP contribution < -0.4 is 0 Å². The Morgan fingerprint density at radius 3 is 2.37 bits per heavy atom. The molecule has 0 saturated heterocycles. The van der Waals surface area contributed by atoms with Gasteiger partial charge in [0, 0.05) is 22.9 Å². The summed E-state index contributed by atoms with van der Waals surface area (Å²) in [5.74, 6) is 0.171. The number of rotatable bonds is 5. The van der Waals surface area contributed by atoms with Crippen molar-refractivity contribution in [3.05, 3.63) is 59.9 Å². The minimum Gasteiger partial charge on any atom is -0.293 e. The van der Waals surface area contributed by atoms with Crippen LogP contribution >= 0.6 is 11.8 Å². The molecule has 0 spiro atoms. The average Bonchev–Trinajstić information content (AvgIpc) is 2.47. The highest BCUT2D eigenvalue weighted by Crippen LogP contribution is 2.25. The molecule has 98 valence electrons. The lowest BCUT2D eigenvalue weighted by Crippen LogP contribution is -2.13. The summed E-state index contributed by atoms with van der Waals surface area (Å²) < 4.78 is 0.